The average Bonchev–Trinajstić information content (AvgIpc) is 3.49. The quantitative estimate of drug-likeness (QED) is 0.562. The van der Waals surface area contributed by atoms with Gasteiger partial charge in [-0.05, 0) is 31.7 Å². The summed E-state index contributed by atoms with van der Waals surface area (Å²) in [4.78, 5) is 24.4. The van der Waals surface area contributed by atoms with E-state index in [1.807, 2.05) is 0 Å². The summed E-state index contributed by atoms with van der Waals surface area (Å²) in [7, 11) is 1.32. The van der Waals surface area contributed by atoms with E-state index in [1.54, 1.807) is 4.57 Å². The fraction of sp³-hybridized carbons (Fsp3) is 0.524. The van der Waals surface area contributed by atoms with Gasteiger partial charge in [0.05, 0.1) is 25.1 Å². The molecule has 3 fully saturated rings. The lowest BCUT2D eigenvalue weighted by Crippen LogP contribution is -2.46. The third-order valence-electron chi connectivity index (χ3n) is 6.88. The van der Waals surface area contributed by atoms with E-state index in [2.05, 4.69) is 0 Å². The highest BCUT2D eigenvalue weighted by Crippen LogP contribution is 2.48. The van der Waals surface area contributed by atoms with Crippen molar-refractivity contribution in [3.8, 4) is 5.75 Å². The van der Waals surface area contributed by atoms with Gasteiger partial charge in [-0.1, -0.05) is 0 Å². The van der Waals surface area contributed by atoms with Crippen LogP contribution >= 0.6 is 0 Å². The van der Waals surface area contributed by atoms with Crippen LogP contribution in [-0.4, -0.2) is 58.7 Å². The van der Waals surface area contributed by atoms with Gasteiger partial charge in [0.25, 0.3) is 0 Å². The van der Waals surface area contributed by atoms with Crippen molar-refractivity contribution in [1.29, 1.82) is 0 Å². The number of quaternary nitrogens is 1. The maximum absolute atomic E-state index is 15.4. The number of ether oxygens (including phenoxy) is 1. The number of aromatic carboxylic acids is 1. The van der Waals surface area contributed by atoms with Gasteiger partial charge < -0.3 is 29.5 Å². The number of hydroxylamine groups is 4. The summed E-state index contributed by atoms with van der Waals surface area (Å²) in [6, 6.07) is 0.561. The van der Waals surface area contributed by atoms with Crippen molar-refractivity contribution in [2.24, 2.45) is 5.92 Å². The van der Waals surface area contributed by atoms with E-state index in [0.29, 0.717) is 6.54 Å². The predicted molar refractivity (Wildman–Crippen MR) is 110 cm³/mol. The van der Waals surface area contributed by atoms with Crippen molar-refractivity contribution in [3.05, 3.63) is 39.1 Å². The number of carboxylic acids is 1. The summed E-state index contributed by atoms with van der Waals surface area (Å²) < 4.78 is 21.6. The molecule has 2 aliphatic heterocycles. The zero-order chi connectivity index (χ0) is 22.1. The molecule has 1 aromatic carbocycles. The highest BCUT2D eigenvalue weighted by Gasteiger charge is 2.49. The standard InChI is InChI=1S/C21H24FN3O6/c1-31-20-17-13(19(26)14(21(27)28)8-23(17)12-4-5-12)7-15(22)18(20)25(30)9-11-3-2-6-24(29)16(11)10-25/h7-8,11-12,16,29H,2-6,9-10H2,1H3,(H,27,28)/t11-,16+,25?/m0/s1. The van der Waals surface area contributed by atoms with Gasteiger partial charge in [-0.25, -0.2) is 9.18 Å². The van der Waals surface area contributed by atoms with E-state index in [1.165, 1.54) is 18.4 Å². The highest BCUT2D eigenvalue weighted by atomic mass is 19.1. The summed E-state index contributed by atoms with van der Waals surface area (Å²) >= 11 is 0. The van der Waals surface area contributed by atoms with Crippen LogP contribution in [0.15, 0.2) is 17.1 Å². The number of hydrogen-bond donors (Lipinski definition) is 2. The molecule has 1 unspecified atom stereocenters. The van der Waals surface area contributed by atoms with Gasteiger partial charge in [-0.2, -0.15) is 5.06 Å². The molecule has 3 heterocycles. The van der Waals surface area contributed by atoms with E-state index >= 15 is 4.39 Å². The second kappa shape index (κ2) is 6.99. The fourth-order valence-electron chi connectivity index (χ4n) is 5.32. The van der Waals surface area contributed by atoms with Crippen LogP contribution in [0.4, 0.5) is 10.1 Å². The van der Waals surface area contributed by atoms with Crippen LogP contribution in [0.1, 0.15) is 42.1 Å². The van der Waals surface area contributed by atoms with Crippen molar-refractivity contribution in [2.75, 3.05) is 26.7 Å². The number of aromatic nitrogens is 1. The zero-order valence-electron chi connectivity index (χ0n) is 17.1. The van der Waals surface area contributed by atoms with Crippen LogP contribution in [-0.2, 0) is 0 Å². The molecule has 10 heteroatoms. The normalized spacial score (nSPS) is 28.6. The van der Waals surface area contributed by atoms with Crippen LogP contribution in [0.25, 0.3) is 10.9 Å². The number of methoxy groups -OCH3 is 1. The number of fused-ring (bicyclic) bond motifs is 2. The summed E-state index contributed by atoms with van der Waals surface area (Å²) in [6.45, 7) is 0.542. The minimum atomic E-state index is -1.39. The number of rotatable bonds is 4. The smallest absolute Gasteiger partial charge is 0.341 e. The molecule has 2 N–H and O–H groups in total. The maximum Gasteiger partial charge on any atom is 0.341 e. The molecular formula is C21H24FN3O6. The molecule has 2 aromatic rings. The molecule has 1 saturated carbocycles. The molecule has 5 rings (SSSR count). The number of halogens is 1. The first kappa shape index (κ1) is 20.4. The molecule has 166 valence electrons. The van der Waals surface area contributed by atoms with Crippen molar-refractivity contribution in [2.45, 2.75) is 37.8 Å². The molecule has 3 aliphatic rings. The third-order valence-corrected chi connectivity index (χ3v) is 6.88. The number of benzene rings is 1. The Kier molecular flexibility index (Phi) is 4.60. The van der Waals surface area contributed by atoms with Crippen molar-refractivity contribution in [1.82, 2.24) is 14.3 Å². The molecule has 1 aliphatic carbocycles. The SMILES string of the molecule is COc1c([N+]2([O-])C[C@@H]3CCCN(O)[C@@H]3C2)c(F)cc2c(=O)c(C(=O)O)cn(C3CC3)c12. The third kappa shape index (κ3) is 3.05. The number of carbonyl (C=O) groups is 1. The number of pyridine rings is 1. The lowest BCUT2D eigenvalue weighted by atomic mass is 9.94. The van der Waals surface area contributed by atoms with Gasteiger partial charge in [0.2, 0.25) is 16.9 Å². The van der Waals surface area contributed by atoms with Crippen molar-refractivity contribution >= 4 is 22.6 Å². The molecule has 0 spiro atoms. The molecule has 0 bridgehead atoms. The van der Waals surface area contributed by atoms with Crippen LogP contribution in [0.5, 0.6) is 5.75 Å². The number of hydrogen-bond acceptors (Lipinski definition) is 6. The van der Waals surface area contributed by atoms with Gasteiger partial charge in [0.1, 0.15) is 17.6 Å². The Morgan fingerprint density at radius 2 is 2.06 bits per heavy atom. The highest BCUT2D eigenvalue weighted by molar-refractivity contribution is 5.97. The molecule has 2 saturated heterocycles. The number of piperidine rings is 1. The lowest BCUT2D eigenvalue weighted by molar-refractivity contribution is -0.147. The first-order valence-corrected chi connectivity index (χ1v) is 10.5. The molecule has 0 radical (unpaired) electrons. The molecular weight excluding hydrogens is 409 g/mol. The molecule has 1 aromatic heterocycles. The van der Waals surface area contributed by atoms with Gasteiger partial charge in [0.15, 0.2) is 5.82 Å². The molecule has 0 amide bonds. The Morgan fingerprint density at radius 1 is 1.32 bits per heavy atom. The number of carboxylic acid groups (broad SMARTS) is 1. The van der Waals surface area contributed by atoms with Crippen LogP contribution in [0.2, 0.25) is 0 Å². The van der Waals surface area contributed by atoms with Crippen LogP contribution in [0.3, 0.4) is 0 Å². The van der Waals surface area contributed by atoms with E-state index in [4.69, 9.17) is 4.74 Å². The summed E-state index contributed by atoms with van der Waals surface area (Å²) in [5.74, 6) is -2.39. The first-order chi connectivity index (χ1) is 14.7. The van der Waals surface area contributed by atoms with Crippen molar-refractivity contribution < 1.29 is 24.2 Å². The van der Waals surface area contributed by atoms with Gasteiger partial charge in [-0.3, -0.25) is 4.79 Å². The largest absolute Gasteiger partial charge is 0.627 e. The van der Waals surface area contributed by atoms with Crippen molar-refractivity contribution in [3.63, 3.8) is 0 Å². The summed E-state index contributed by atoms with van der Waals surface area (Å²) in [6.07, 6.45) is 4.37. The lowest BCUT2D eigenvalue weighted by Gasteiger charge is -2.39. The Hall–Kier alpha value is -2.53. The van der Waals surface area contributed by atoms with Gasteiger partial charge in [0, 0.05) is 24.7 Å². The molecule has 9 nitrogen and oxygen atoms in total. The first-order valence-electron chi connectivity index (χ1n) is 10.5. The zero-order valence-corrected chi connectivity index (χ0v) is 17.1. The monoisotopic (exact) mass is 433 g/mol. The second-order valence-corrected chi connectivity index (χ2v) is 8.84. The minimum Gasteiger partial charge on any atom is -0.627 e. The van der Waals surface area contributed by atoms with E-state index < -0.39 is 27.4 Å². The maximum atomic E-state index is 15.4. The molecule has 31 heavy (non-hydrogen) atoms. The minimum absolute atomic E-state index is 0.0270. The Labute approximate surface area is 177 Å². The van der Waals surface area contributed by atoms with E-state index in [-0.39, 0.29) is 53.4 Å². The Balaban J connectivity index is 1.76. The fourth-order valence-corrected chi connectivity index (χ4v) is 5.32. The predicted octanol–water partition coefficient (Wildman–Crippen LogP) is 2.47. The Morgan fingerprint density at radius 3 is 2.68 bits per heavy atom. The summed E-state index contributed by atoms with van der Waals surface area (Å²) in [5.41, 5.74) is -1.20. The molecule has 3 atom stereocenters. The average molecular weight is 433 g/mol. The second-order valence-electron chi connectivity index (χ2n) is 8.84. The van der Waals surface area contributed by atoms with Gasteiger partial charge >= 0.3 is 5.97 Å². The van der Waals surface area contributed by atoms with Gasteiger partial charge in [-0.15, -0.1) is 0 Å². The Bertz CT molecular complexity index is 1150. The number of nitrogens with zero attached hydrogens (tertiary/aromatic N) is 3. The topological polar surface area (TPSA) is 115 Å². The van der Waals surface area contributed by atoms with Crippen LogP contribution < -0.4 is 14.8 Å². The summed E-state index contributed by atoms with van der Waals surface area (Å²) in [5, 5.41) is 34.6. The van der Waals surface area contributed by atoms with Crippen LogP contribution in [0, 0.1) is 16.9 Å². The van der Waals surface area contributed by atoms with E-state index in [0.717, 1.165) is 31.7 Å². The van der Waals surface area contributed by atoms with E-state index in [9.17, 15) is 25.1 Å².